The Morgan fingerprint density at radius 1 is 1.21 bits per heavy atom. The van der Waals surface area contributed by atoms with Gasteiger partial charge in [-0.3, -0.25) is 4.90 Å². The van der Waals surface area contributed by atoms with Gasteiger partial charge in [0.05, 0.1) is 0 Å². The molecule has 1 aliphatic heterocycles. The molecule has 104 valence electrons. The summed E-state index contributed by atoms with van der Waals surface area (Å²) >= 11 is 1.72. The van der Waals surface area contributed by atoms with Gasteiger partial charge in [0.15, 0.2) is 0 Å². The van der Waals surface area contributed by atoms with E-state index >= 15 is 0 Å². The van der Waals surface area contributed by atoms with E-state index < -0.39 is 0 Å². The van der Waals surface area contributed by atoms with Crippen LogP contribution in [0.25, 0.3) is 0 Å². The van der Waals surface area contributed by atoms with Crippen LogP contribution in [0.5, 0.6) is 0 Å². The monoisotopic (exact) mass is 278 g/mol. The number of aromatic nitrogens is 2. The summed E-state index contributed by atoms with van der Waals surface area (Å²) in [6, 6.07) is 0. The number of rotatable bonds is 3. The molecule has 4 nitrogen and oxygen atoms in total. The summed E-state index contributed by atoms with van der Waals surface area (Å²) in [5.41, 5.74) is 0.0878. The van der Waals surface area contributed by atoms with Gasteiger partial charge in [-0.25, -0.2) is 0 Å². The molecule has 2 heterocycles. The van der Waals surface area contributed by atoms with Gasteiger partial charge in [0.25, 0.3) is 0 Å². The third-order valence-corrected chi connectivity index (χ3v) is 4.68. The summed E-state index contributed by atoms with van der Waals surface area (Å²) in [6.45, 7) is 11.7. The summed E-state index contributed by atoms with van der Waals surface area (Å²) in [5, 5.41) is 10.8. The van der Waals surface area contributed by atoms with Crippen molar-refractivity contribution in [3.8, 4) is 12.3 Å². The second-order valence-electron chi connectivity index (χ2n) is 5.92. The van der Waals surface area contributed by atoms with Gasteiger partial charge in [0.2, 0.25) is 5.13 Å². The second-order valence-corrected chi connectivity index (χ2v) is 6.88. The summed E-state index contributed by atoms with van der Waals surface area (Å²) < 4.78 is 0. The molecule has 1 saturated heterocycles. The number of anilines is 1. The van der Waals surface area contributed by atoms with Crippen molar-refractivity contribution >= 4 is 16.5 Å². The average Bonchev–Trinajstić information content (AvgIpc) is 2.86. The fourth-order valence-corrected chi connectivity index (χ4v) is 2.99. The van der Waals surface area contributed by atoms with Crippen LogP contribution in [0.4, 0.5) is 5.13 Å². The Morgan fingerprint density at radius 3 is 2.42 bits per heavy atom. The van der Waals surface area contributed by atoms with E-state index in [4.69, 9.17) is 6.42 Å². The first-order valence-corrected chi connectivity index (χ1v) is 7.57. The number of hydrogen-bond donors (Lipinski definition) is 0. The Kier molecular flexibility index (Phi) is 4.43. The van der Waals surface area contributed by atoms with Crippen LogP contribution in [0.1, 0.15) is 32.2 Å². The Morgan fingerprint density at radius 2 is 1.89 bits per heavy atom. The maximum atomic E-state index is 5.30. The zero-order chi connectivity index (χ0) is 13.9. The molecule has 0 aromatic carbocycles. The van der Waals surface area contributed by atoms with Crippen LogP contribution in [0.3, 0.4) is 0 Å². The molecule has 0 saturated carbocycles. The highest BCUT2D eigenvalue weighted by Gasteiger charge is 2.23. The van der Waals surface area contributed by atoms with Crippen LogP contribution in [-0.4, -0.2) is 47.8 Å². The van der Waals surface area contributed by atoms with Gasteiger partial charge in [-0.2, -0.15) is 0 Å². The first-order chi connectivity index (χ1) is 9.00. The van der Waals surface area contributed by atoms with E-state index in [9.17, 15) is 0 Å². The van der Waals surface area contributed by atoms with Crippen LogP contribution >= 0.6 is 11.3 Å². The van der Waals surface area contributed by atoms with Crippen LogP contribution in [-0.2, 0) is 5.41 Å². The molecule has 2 rings (SSSR count). The van der Waals surface area contributed by atoms with E-state index in [-0.39, 0.29) is 5.41 Å². The first-order valence-electron chi connectivity index (χ1n) is 6.75. The largest absolute Gasteiger partial charge is 0.344 e. The quantitative estimate of drug-likeness (QED) is 0.792. The van der Waals surface area contributed by atoms with Gasteiger partial charge >= 0.3 is 0 Å². The Bertz CT molecular complexity index is 447. The van der Waals surface area contributed by atoms with E-state index in [1.165, 1.54) is 0 Å². The predicted molar refractivity (Wildman–Crippen MR) is 80.7 cm³/mol. The average molecular weight is 278 g/mol. The van der Waals surface area contributed by atoms with Crippen molar-refractivity contribution in [2.45, 2.75) is 32.6 Å². The summed E-state index contributed by atoms with van der Waals surface area (Å²) in [5.74, 6) is 2.70. The second kappa shape index (κ2) is 5.89. The smallest absolute Gasteiger partial charge is 0.208 e. The molecular formula is C14H22N4S. The molecule has 0 aliphatic carbocycles. The molecule has 1 aromatic heterocycles. The molecule has 0 atom stereocenters. The van der Waals surface area contributed by atoms with Crippen LogP contribution in [0.2, 0.25) is 0 Å². The van der Waals surface area contributed by atoms with Gasteiger partial charge in [-0.1, -0.05) is 32.1 Å². The molecule has 5 heteroatoms. The number of piperazine rings is 1. The Labute approximate surface area is 119 Å². The minimum absolute atomic E-state index is 0.0878. The zero-order valence-electron chi connectivity index (χ0n) is 12.0. The SMILES string of the molecule is C#CCCN1CCN(c2nnc(C(C)(C)C)s2)CC1. The molecule has 0 bridgehead atoms. The normalized spacial score (nSPS) is 17.5. The maximum Gasteiger partial charge on any atom is 0.208 e. The number of terminal acetylenes is 1. The molecule has 0 radical (unpaired) electrons. The highest BCUT2D eigenvalue weighted by Crippen LogP contribution is 2.30. The lowest BCUT2D eigenvalue weighted by Crippen LogP contribution is -2.46. The van der Waals surface area contributed by atoms with Crippen molar-refractivity contribution in [2.75, 3.05) is 37.6 Å². The van der Waals surface area contributed by atoms with E-state index in [0.717, 1.165) is 49.3 Å². The highest BCUT2D eigenvalue weighted by atomic mass is 32.1. The van der Waals surface area contributed by atoms with Crippen molar-refractivity contribution in [1.82, 2.24) is 15.1 Å². The molecule has 1 fully saturated rings. The van der Waals surface area contributed by atoms with Gasteiger partial charge in [0, 0.05) is 44.6 Å². The van der Waals surface area contributed by atoms with Crippen molar-refractivity contribution < 1.29 is 0 Å². The van der Waals surface area contributed by atoms with Crippen LogP contribution < -0.4 is 4.90 Å². The lowest BCUT2D eigenvalue weighted by molar-refractivity contribution is 0.263. The van der Waals surface area contributed by atoms with Crippen molar-refractivity contribution in [3.05, 3.63) is 5.01 Å². The van der Waals surface area contributed by atoms with Crippen molar-refractivity contribution in [3.63, 3.8) is 0 Å². The fraction of sp³-hybridized carbons (Fsp3) is 0.714. The standard InChI is InChI=1S/C14H22N4S/c1-5-6-7-17-8-10-18(11-9-17)13-16-15-12(19-13)14(2,3)4/h1H,6-11H2,2-4H3. The number of nitrogens with zero attached hydrogens (tertiary/aromatic N) is 4. The molecule has 1 aliphatic rings. The maximum absolute atomic E-state index is 5.30. The van der Waals surface area contributed by atoms with Gasteiger partial charge in [-0.15, -0.1) is 22.5 Å². The molecule has 1 aromatic rings. The molecule has 0 amide bonds. The fourth-order valence-electron chi connectivity index (χ4n) is 2.03. The van der Waals surface area contributed by atoms with E-state index in [1.807, 2.05) is 0 Å². The highest BCUT2D eigenvalue weighted by molar-refractivity contribution is 7.15. The topological polar surface area (TPSA) is 32.3 Å². The van der Waals surface area contributed by atoms with Crippen molar-refractivity contribution in [1.29, 1.82) is 0 Å². The molecular weight excluding hydrogens is 256 g/mol. The summed E-state index contributed by atoms with van der Waals surface area (Å²) in [6.07, 6.45) is 6.14. The molecule has 0 spiro atoms. The van der Waals surface area contributed by atoms with E-state index in [2.05, 4.69) is 46.7 Å². The van der Waals surface area contributed by atoms with Crippen LogP contribution in [0, 0.1) is 12.3 Å². The Balaban J connectivity index is 1.91. The first kappa shape index (κ1) is 14.3. The Hall–Kier alpha value is -1.12. The van der Waals surface area contributed by atoms with E-state index in [0.29, 0.717) is 0 Å². The molecule has 0 unspecified atom stereocenters. The van der Waals surface area contributed by atoms with Crippen molar-refractivity contribution in [2.24, 2.45) is 0 Å². The zero-order valence-corrected chi connectivity index (χ0v) is 12.8. The van der Waals surface area contributed by atoms with Crippen LogP contribution in [0.15, 0.2) is 0 Å². The molecule has 0 N–H and O–H groups in total. The van der Waals surface area contributed by atoms with Gasteiger partial charge in [-0.05, 0) is 0 Å². The van der Waals surface area contributed by atoms with Gasteiger partial charge < -0.3 is 4.90 Å². The lowest BCUT2D eigenvalue weighted by atomic mass is 9.98. The minimum atomic E-state index is 0.0878. The lowest BCUT2D eigenvalue weighted by Gasteiger charge is -2.33. The van der Waals surface area contributed by atoms with Gasteiger partial charge in [0.1, 0.15) is 5.01 Å². The third-order valence-electron chi connectivity index (χ3n) is 3.27. The van der Waals surface area contributed by atoms with E-state index in [1.54, 1.807) is 11.3 Å². The third kappa shape index (κ3) is 3.68. The molecule has 19 heavy (non-hydrogen) atoms. The number of hydrogen-bond acceptors (Lipinski definition) is 5. The minimum Gasteiger partial charge on any atom is -0.344 e. The summed E-state index contributed by atoms with van der Waals surface area (Å²) in [4.78, 5) is 4.75. The predicted octanol–water partition coefficient (Wildman–Crippen LogP) is 1.98. The summed E-state index contributed by atoms with van der Waals surface area (Å²) in [7, 11) is 0.